The molecule has 15 heavy (non-hydrogen) atoms. The van der Waals surface area contributed by atoms with Crippen LogP contribution in [0.3, 0.4) is 0 Å². The largest absolute Gasteiger partial charge is 0.102 e. The van der Waals surface area contributed by atoms with E-state index in [0.717, 1.165) is 0 Å². The molecular formula is C15H22. The zero-order chi connectivity index (χ0) is 11.1. The lowest BCUT2D eigenvalue weighted by Crippen LogP contribution is -1.95. The molecule has 1 aromatic carbocycles. The monoisotopic (exact) mass is 202 g/mol. The molecular weight excluding hydrogens is 180 g/mol. The summed E-state index contributed by atoms with van der Waals surface area (Å²) in [6.07, 6.45) is 7.25. The van der Waals surface area contributed by atoms with Gasteiger partial charge in [0, 0.05) is 5.92 Å². The fourth-order valence-corrected chi connectivity index (χ4v) is 1.85. The van der Waals surface area contributed by atoms with E-state index in [1.807, 2.05) is 0 Å². The maximum Gasteiger partial charge on any atom is 0.00152 e. The number of allylic oxidation sites excluding steroid dienone is 1. The summed E-state index contributed by atoms with van der Waals surface area (Å²) in [7, 11) is 0. The van der Waals surface area contributed by atoms with Gasteiger partial charge in [-0.15, -0.1) is 6.58 Å². The Kier molecular flexibility index (Phi) is 5.17. The predicted octanol–water partition coefficient (Wildman–Crippen LogP) is 4.84. The number of unbranched alkanes of at least 4 members (excludes halogenated alkanes) is 2. The lowest BCUT2D eigenvalue weighted by atomic mass is 9.93. The normalized spacial score (nSPS) is 12.4. The Hall–Kier alpha value is -1.04. The van der Waals surface area contributed by atoms with E-state index in [-0.39, 0.29) is 0 Å². The molecule has 0 spiro atoms. The van der Waals surface area contributed by atoms with Gasteiger partial charge in [-0.05, 0) is 18.9 Å². The Morgan fingerprint density at radius 2 is 1.87 bits per heavy atom. The molecule has 0 N–H and O–H groups in total. The van der Waals surface area contributed by atoms with Crippen LogP contribution in [-0.4, -0.2) is 0 Å². The second-order valence-electron chi connectivity index (χ2n) is 4.25. The van der Waals surface area contributed by atoms with Crippen LogP contribution in [0.5, 0.6) is 0 Å². The zero-order valence-electron chi connectivity index (χ0n) is 10.00. The molecule has 0 nitrogen and oxygen atoms in total. The van der Waals surface area contributed by atoms with Crippen LogP contribution >= 0.6 is 0 Å². The minimum Gasteiger partial charge on any atom is -0.102 e. The van der Waals surface area contributed by atoms with Crippen molar-refractivity contribution in [1.82, 2.24) is 0 Å². The topological polar surface area (TPSA) is 0 Å². The van der Waals surface area contributed by atoms with E-state index in [9.17, 15) is 0 Å². The van der Waals surface area contributed by atoms with Gasteiger partial charge in [-0.25, -0.2) is 0 Å². The SMILES string of the molecule is C=CC(CCCCC)c1ccc(C)cc1. The van der Waals surface area contributed by atoms with Crippen molar-refractivity contribution in [2.45, 2.75) is 45.4 Å². The van der Waals surface area contributed by atoms with Crippen LogP contribution in [0.25, 0.3) is 0 Å². The maximum atomic E-state index is 3.94. The van der Waals surface area contributed by atoms with Gasteiger partial charge in [0.25, 0.3) is 0 Å². The van der Waals surface area contributed by atoms with Gasteiger partial charge in [0.05, 0.1) is 0 Å². The first-order valence-corrected chi connectivity index (χ1v) is 5.97. The summed E-state index contributed by atoms with van der Waals surface area (Å²) in [4.78, 5) is 0. The Morgan fingerprint density at radius 3 is 2.40 bits per heavy atom. The van der Waals surface area contributed by atoms with Crippen LogP contribution in [0.1, 0.15) is 49.7 Å². The number of benzene rings is 1. The van der Waals surface area contributed by atoms with Crippen LogP contribution in [-0.2, 0) is 0 Å². The average Bonchev–Trinajstić information content (AvgIpc) is 2.26. The van der Waals surface area contributed by atoms with Gasteiger partial charge >= 0.3 is 0 Å². The molecule has 0 heterocycles. The standard InChI is InChI=1S/C15H22/c1-4-6-7-8-14(5-2)15-11-9-13(3)10-12-15/h5,9-12,14H,2,4,6-8H2,1,3H3. The molecule has 0 fully saturated rings. The first-order valence-electron chi connectivity index (χ1n) is 5.97. The Balaban J connectivity index is 2.57. The molecule has 0 heteroatoms. The zero-order valence-corrected chi connectivity index (χ0v) is 10.00. The second-order valence-corrected chi connectivity index (χ2v) is 4.25. The number of hydrogen-bond donors (Lipinski definition) is 0. The Morgan fingerprint density at radius 1 is 1.20 bits per heavy atom. The van der Waals surface area contributed by atoms with Crippen LogP contribution < -0.4 is 0 Å². The van der Waals surface area contributed by atoms with Gasteiger partial charge in [0.1, 0.15) is 0 Å². The van der Waals surface area contributed by atoms with Crippen molar-refractivity contribution in [3.05, 3.63) is 48.0 Å². The third kappa shape index (κ3) is 3.91. The molecule has 1 atom stereocenters. The number of aryl methyl sites for hydroxylation is 1. The molecule has 0 saturated heterocycles. The highest BCUT2D eigenvalue weighted by Gasteiger charge is 2.06. The van der Waals surface area contributed by atoms with Crippen molar-refractivity contribution in [3.8, 4) is 0 Å². The van der Waals surface area contributed by atoms with E-state index in [2.05, 4.69) is 50.8 Å². The highest BCUT2D eigenvalue weighted by Crippen LogP contribution is 2.23. The summed E-state index contributed by atoms with van der Waals surface area (Å²) in [5.74, 6) is 0.539. The van der Waals surface area contributed by atoms with Gasteiger partial charge in [-0.2, -0.15) is 0 Å². The molecule has 0 aromatic heterocycles. The first-order chi connectivity index (χ1) is 7.27. The first kappa shape index (κ1) is 12.0. The molecule has 0 aliphatic rings. The van der Waals surface area contributed by atoms with Crippen LogP contribution in [0.4, 0.5) is 0 Å². The molecule has 1 unspecified atom stereocenters. The van der Waals surface area contributed by atoms with Crippen molar-refractivity contribution < 1.29 is 0 Å². The molecule has 0 saturated carbocycles. The van der Waals surface area contributed by atoms with E-state index in [0.29, 0.717) is 5.92 Å². The van der Waals surface area contributed by atoms with Crippen molar-refractivity contribution in [2.75, 3.05) is 0 Å². The third-order valence-corrected chi connectivity index (χ3v) is 2.91. The highest BCUT2D eigenvalue weighted by atomic mass is 14.1. The fraction of sp³-hybridized carbons (Fsp3) is 0.467. The second kappa shape index (κ2) is 6.44. The molecule has 1 rings (SSSR count). The molecule has 0 amide bonds. The van der Waals surface area contributed by atoms with Crippen molar-refractivity contribution in [3.63, 3.8) is 0 Å². The quantitative estimate of drug-likeness (QED) is 0.457. The minimum absolute atomic E-state index is 0.539. The average molecular weight is 202 g/mol. The number of hydrogen-bond acceptors (Lipinski definition) is 0. The molecule has 1 aromatic rings. The number of rotatable bonds is 6. The van der Waals surface area contributed by atoms with Crippen molar-refractivity contribution in [1.29, 1.82) is 0 Å². The summed E-state index contributed by atoms with van der Waals surface area (Å²) in [6.45, 7) is 8.31. The lowest BCUT2D eigenvalue weighted by molar-refractivity contribution is 0.629. The molecule has 0 aliphatic carbocycles. The molecule has 0 aliphatic heterocycles. The van der Waals surface area contributed by atoms with Gasteiger partial charge in [-0.1, -0.05) is 62.1 Å². The van der Waals surface area contributed by atoms with E-state index in [1.165, 1.54) is 36.8 Å². The molecule has 0 radical (unpaired) electrons. The van der Waals surface area contributed by atoms with E-state index in [4.69, 9.17) is 0 Å². The Bertz CT molecular complexity index is 281. The van der Waals surface area contributed by atoms with Gasteiger partial charge < -0.3 is 0 Å². The van der Waals surface area contributed by atoms with Crippen molar-refractivity contribution >= 4 is 0 Å². The summed E-state index contributed by atoms with van der Waals surface area (Å²) in [5, 5.41) is 0. The summed E-state index contributed by atoms with van der Waals surface area (Å²) >= 11 is 0. The van der Waals surface area contributed by atoms with Gasteiger partial charge in [0.2, 0.25) is 0 Å². The highest BCUT2D eigenvalue weighted by molar-refractivity contribution is 5.26. The smallest absolute Gasteiger partial charge is 0.00152 e. The minimum atomic E-state index is 0.539. The van der Waals surface area contributed by atoms with E-state index in [1.54, 1.807) is 0 Å². The van der Waals surface area contributed by atoms with Crippen LogP contribution in [0.15, 0.2) is 36.9 Å². The lowest BCUT2D eigenvalue weighted by Gasteiger charge is -2.12. The fourth-order valence-electron chi connectivity index (χ4n) is 1.85. The maximum absolute atomic E-state index is 3.94. The van der Waals surface area contributed by atoms with Gasteiger partial charge in [-0.3, -0.25) is 0 Å². The summed E-state index contributed by atoms with van der Waals surface area (Å²) in [5.41, 5.74) is 2.74. The van der Waals surface area contributed by atoms with Crippen LogP contribution in [0.2, 0.25) is 0 Å². The Labute approximate surface area is 94.0 Å². The van der Waals surface area contributed by atoms with E-state index < -0.39 is 0 Å². The van der Waals surface area contributed by atoms with E-state index >= 15 is 0 Å². The van der Waals surface area contributed by atoms with Crippen LogP contribution in [0, 0.1) is 6.92 Å². The third-order valence-electron chi connectivity index (χ3n) is 2.91. The summed E-state index contributed by atoms with van der Waals surface area (Å²) < 4.78 is 0. The molecule has 0 bridgehead atoms. The predicted molar refractivity (Wildman–Crippen MR) is 68.3 cm³/mol. The van der Waals surface area contributed by atoms with Crippen molar-refractivity contribution in [2.24, 2.45) is 0 Å². The summed E-state index contributed by atoms with van der Waals surface area (Å²) in [6, 6.07) is 8.83. The van der Waals surface area contributed by atoms with Gasteiger partial charge in [0.15, 0.2) is 0 Å². The molecule has 82 valence electrons.